The number of hydrogen-bond donors (Lipinski definition) is 0. The summed E-state index contributed by atoms with van der Waals surface area (Å²) in [5.74, 6) is -0.0236. The lowest BCUT2D eigenvalue weighted by Gasteiger charge is -2.12. The van der Waals surface area contributed by atoms with E-state index in [0.29, 0.717) is 23.5 Å². The van der Waals surface area contributed by atoms with Gasteiger partial charge in [-0.3, -0.25) is 4.79 Å². The Kier molecular flexibility index (Phi) is 4.89. The quantitative estimate of drug-likeness (QED) is 0.450. The predicted molar refractivity (Wildman–Crippen MR) is 121 cm³/mol. The highest BCUT2D eigenvalue weighted by Crippen LogP contribution is 2.41. The van der Waals surface area contributed by atoms with Crippen molar-refractivity contribution < 1.29 is 9.53 Å². The molecule has 5 rings (SSSR count). The third-order valence-corrected chi connectivity index (χ3v) is 5.96. The van der Waals surface area contributed by atoms with Gasteiger partial charge in [0.05, 0.1) is 36.8 Å². The van der Waals surface area contributed by atoms with Crippen molar-refractivity contribution >= 4 is 16.9 Å². The summed E-state index contributed by atoms with van der Waals surface area (Å²) in [6.07, 6.45) is 3.91. The van der Waals surface area contributed by atoms with Crippen molar-refractivity contribution in [2.45, 2.75) is 39.2 Å². The largest absolute Gasteiger partial charge is 0.465 e. The molecular weight excluding hydrogens is 404 g/mol. The summed E-state index contributed by atoms with van der Waals surface area (Å²) in [6, 6.07) is 13.2. The van der Waals surface area contributed by atoms with Gasteiger partial charge in [-0.1, -0.05) is 29.8 Å². The molecule has 1 saturated carbocycles. The zero-order valence-corrected chi connectivity index (χ0v) is 18.3. The first-order chi connectivity index (χ1) is 15.5. The van der Waals surface area contributed by atoms with E-state index in [2.05, 4.69) is 11.2 Å². The average Bonchev–Trinajstić information content (AvgIpc) is 3.54. The lowest BCUT2D eigenvalue weighted by Crippen LogP contribution is -2.26. The van der Waals surface area contributed by atoms with E-state index in [0.717, 1.165) is 46.3 Å². The summed E-state index contributed by atoms with van der Waals surface area (Å²) in [4.78, 5) is 25.3. The van der Waals surface area contributed by atoms with E-state index in [-0.39, 0.29) is 11.5 Å². The first-order valence-electron chi connectivity index (χ1n) is 10.7. The minimum absolute atomic E-state index is 0.182. The topological polar surface area (TPSA) is 79.0 Å². The number of aromatic nitrogens is 4. The molecule has 0 unspecified atom stereocenters. The molecule has 7 nitrogen and oxygen atoms in total. The van der Waals surface area contributed by atoms with Crippen LogP contribution >= 0.6 is 0 Å². The molecule has 1 aliphatic carbocycles. The van der Waals surface area contributed by atoms with Gasteiger partial charge in [0.2, 0.25) is 0 Å². The highest BCUT2D eigenvalue weighted by atomic mass is 16.5. The molecule has 0 spiro atoms. The summed E-state index contributed by atoms with van der Waals surface area (Å²) in [6.45, 7) is 4.39. The number of esters is 1. The fourth-order valence-electron chi connectivity index (χ4n) is 4.12. The minimum atomic E-state index is -0.387. The van der Waals surface area contributed by atoms with Crippen LogP contribution in [0.2, 0.25) is 0 Å². The van der Waals surface area contributed by atoms with Crippen molar-refractivity contribution in [2.24, 2.45) is 0 Å². The zero-order chi connectivity index (χ0) is 22.4. The number of methoxy groups -OCH3 is 1. The zero-order valence-electron chi connectivity index (χ0n) is 18.3. The van der Waals surface area contributed by atoms with Crippen LogP contribution in [0.3, 0.4) is 0 Å². The molecule has 0 N–H and O–H groups in total. The van der Waals surface area contributed by atoms with E-state index < -0.39 is 0 Å². The number of nitrogens with zero attached hydrogens (tertiary/aromatic N) is 4. The maximum atomic E-state index is 13.5. The molecule has 2 aromatic heterocycles. The molecule has 4 aromatic rings. The van der Waals surface area contributed by atoms with Crippen LogP contribution in [0, 0.1) is 13.8 Å². The number of hydrogen-bond acceptors (Lipinski definition) is 5. The van der Waals surface area contributed by atoms with Gasteiger partial charge in [0.25, 0.3) is 5.56 Å². The Morgan fingerprint density at radius 1 is 1.12 bits per heavy atom. The van der Waals surface area contributed by atoms with Crippen LogP contribution in [0.5, 0.6) is 0 Å². The van der Waals surface area contributed by atoms with Gasteiger partial charge in [-0.25, -0.2) is 14.2 Å². The summed E-state index contributed by atoms with van der Waals surface area (Å²) in [7, 11) is 1.35. The lowest BCUT2D eigenvalue weighted by atomic mass is 10.1. The lowest BCUT2D eigenvalue weighted by molar-refractivity contribution is 0.0600. The minimum Gasteiger partial charge on any atom is -0.465 e. The van der Waals surface area contributed by atoms with Crippen molar-refractivity contribution in [3.8, 4) is 5.69 Å². The van der Waals surface area contributed by atoms with Gasteiger partial charge < -0.3 is 4.74 Å². The molecular formula is C25H24N4O3. The highest BCUT2D eigenvalue weighted by Gasteiger charge is 2.30. The molecule has 0 saturated heterocycles. The standard InChI is InChI=1S/C25H24N4O3/c1-15-4-11-21(16(2)12-15)29-23-20(13-26-29)22(18-9-10-18)27-28(24(23)30)14-17-5-7-19(8-6-17)25(31)32-3/h4-8,11-13,18H,9-10,14H2,1-3H3. The smallest absolute Gasteiger partial charge is 0.337 e. The monoisotopic (exact) mass is 428 g/mol. The van der Waals surface area contributed by atoms with Gasteiger partial charge in [0.15, 0.2) is 0 Å². The molecule has 0 bridgehead atoms. The first kappa shape index (κ1) is 20.2. The SMILES string of the molecule is COC(=O)c1ccc(Cn2nc(C3CC3)c3cnn(-c4ccc(C)cc4C)c3c2=O)cc1. The number of carbonyl (C=O) groups is 1. The molecule has 2 heterocycles. The summed E-state index contributed by atoms with van der Waals surface area (Å²) < 4.78 is 8.02. The number of ether oxygens (including phenoxy) is 1. The van der Waals surface area contributed by atoms with Crippen LogP contribution in [-0.2, 0) is 11.3 Å². The van der Waals surface area contributed by atoms with Gasteiger partial charge in [-0.15, -0.1) is 0 Å². The first-order valence-corrected chi connectivity index (χ1v) is 10.7. The van der Waals surface area contributed by atoms with Crippen molar-refractivity contribution in [1.82, 2.24) is 19.6 Å². The van der Waals surface area contributed by atoms with Crippen LogP contribution < -0.4 is 5.56 Å². The third kappa shape index (κ3) is 3.49. The Bertz CT molecular complexity index is 1400. The van der Waals surface area contributed by atoms with Crippen LogP contribution in [0.1, 0.15) is 51.5 Å². The number of carbonyl (C=O) groups excluding carboxylic acids is 1. The predicted octanol–water partition coefficient (Wildman–Crippen LogP) is 3.91. The van der Waals surface area contributed by atoms with Crippen molar-refractivity contribution in [3.05, 3.63) is 87.0 Å². The highest BCUT2D eigenvalue weighted by molar-refractivity contribution is 5.89. The van der Waals surface area contributed by atoms with Crippen molar-refractivity contribution in [3.63, 3.8) is 0 Å². The van der Waals surface area contributed by atoms with Crippen molar-refractivity contribution in [1.29, 1.82) is 0 Å². The van der Waals surface area contributed by atoms with Crippen molar-refractivity contribution in [2.75, 3.05) is 7.11 Å². The summed E-state index contributed by atoms with van der Waals surface area (Å²) in [5, 5.41) is 10.2. The molecule has 32 heavy (non-hydrogen) atoms. The number of benzene rings is 2. The van der Waals surface area contributed by atoms with Crippen LogP contribution in [0.15, 0.2) is 53.5 Å². The summed E-state index contributed by atoms with van der Waals surface area (Å²) >= 11 is 0. The molecule has 0 atom stereocenters. The van der Waals surface area contributed by atoms with Gasteiger partial charge in [0, 0.05) is 11.3 Å². The van der Waals surface area contributed by atoms with E-state index in [9.17, 15) is 9.59 Å². The summed E-state index contributed by atoms with van der Waals surface area (Å²) in [5.41, 5.74) is 5.77. The maximum absolute atomic E-state index is 13.5. The van der Waals surface area contributed by atoms with E-state index in [4.69, 9.17) is 9.84 Å². The molecule has 1 aliphatic rings. The normalized spacial score (nSPS) is 13.5. The second kappa shape index (κ2) is 7.75. The van der Waals surface area contributed by atoms with E-state index in [1.54, 1.807) is 23.0 Å². The second-order valence-corrected chi connectivity index (χ2v) is 8.42. The Labute approximate surface area is 185 Å². The van der Waals surface area contributed by atoms with Gasteiger partial charge in [-0.2, -0.15) is 10.2 Å². The van der Waals surface area contributed by atoms with Crippen LogP contribution in [0.25, 0.3) is 16.6 Å². The number of rotatable bonds is 5. The van der Waals surface area contributed by atoms with Crippen LogP contribution in [0.4, 0.5) is 0 Å². The maximum Gasteiger partial charge on any atom is 0.337 e. The molecule has 1 fully saturated rings. The van der Waals surface area contributed by atoms with Gasteiger partial charge in [-0.05, 0) is 56.0 Å². The molecule has 7 heteroatoms. The van der Waals surface area contributed by atoms with Gasteiger partial charge in [0.1, 0.15) is 5.52 Å². The molecule has 162 valence electrons. The van der Waals surface area contributed by atoms with E-state index in [1.807, 2.05) is 38.1 Å². The van der Waals surface area contributed by atoms with E-state index in [1.165, 1.54) is 11.8 Å². The second-order valence-electron chi connectivity index (χ2n) is 8.42. The average molecular weight is 428 g/mol. The fourth-order valence-corrected chi connectivity index (χ4v) is 4.12. The van der Waals surface area contributed by atoms with E-state index >= 15 is 0 Å². The molecule has 0 radical (unpaired) electrons. The van der Waals surface area contributed by atoms with Crippen LogP contribution in [-0.4, -0.2) is 32.6 Å². The third-order valence-electron chi connectivity index (χ3n) is 5.96. The number of fused-ring (bicyclic) bond motifs is 1. The Morgan fingerprint density at radius 2 is 1.88 bits per heavy atom. The Morgan fingerprint density at radius 3 is 2.53 bits per heavy atom. The molecule has 0 amide bonds. The fraction of sp³-hybridized carbons (Fsp3) is 0.280. The molecule has 2 aromatic carbocycles. The molecule has 0 aliphatic heterocycles. The number of aryl methyl sites for hydroxylation is 2. The Balaban J connectivity index is 1.63. The van der Waals surface area contributed by atoms with Gasteiger partial charge >= 0.3 is 5.97 Å². The Hall–Kier alpha value is -3.74.